The first-order chi connectivity index (χ1) is 12.5. The van der Waals surface area contributed by atoms with E-state index in [0.29, 0.717) is 17.4 Å². The molecule has 140 valence electrons. The number of nitrogens with one attached hydrogen (secondary N) is 2. The summed E-state index contributed by atoms with van der Waals surface area (Å²) in [6, 6.07) is 5.76. The Hall–Kier alpha value is -2.32. The number of hydrogen-bond donors (Lipinski definition) is 3. The second kappa shape index (κ2) is 9.40. The molecule has 0 radical (unpaired) electrons. The number of likely N-dealkylation sites (N-methyl/N-ethyl adjacent to an activating group) is 1. The third kappa shape index (κ3) is 5.09. The second-order valence-corrected chi connectivity index (χ2v) is 6.76. The van der Waals surface area contributed by atoms with E-state index in [-0.39, 0.29) is 30.7 Å². The van der Waals surface area contributed by atoms with Crippen LogP contribution in [0.25, 0.3) is 0 Å². The van der Waals surface area contributed by atoms with Gasteiger partial charge in [0.15, 0.2) is 5.16 Å². The van der Waals surface area contributed by atoms with Gasteiger partial charge in [-0.05, 0) is 38.0 Å². The number of anilines is 1. The minimum absolute atomic E-state index is 0.0602. The maximum atomic E-state index is 12.3. The average molecular weight is 376 g/mol. The number of aliphatic hydroxyl groups excluding tert-OH is 1. The molecule has 0 aliphatic heterocycles. The minimum atomic E-state index is -0.221. The number of aliphatic hydroxyl groups is 1. The molecule has 2 aromatic rings. The van der Waals surface area contributed by atoms with Crippen LogP contribution in [-0.2, 0) is 22.7 Å². The molecule has 7 nitrogen and oxygen atoms in total. The van der Waals surface area contributed by atoms with Crippen molar-refractivity contribution in [1.82, 2.24) is 14.9 Å². The van der Waals surface area contributed by atoms with Crippen LogP contribution in [0, 0.1) is 13.8 Å². The molecule has 0 aliphatic carbocycles. The average Bonchev–Trinajstić information content (AvgIpc) is 2.99. The fourth-order valence-corrected chi connectivity index (χ4v) is 3.20. The summed E-state index contributed by atoms with van der Waals surface area (Å²) < 4.78 is 1.63. The van der Waals surface area contributed by atoms with Crippen LogP contribution >= 0.6 is 11.8 Å². The van der Waals surface area contributed by atoms with Crippen LogP contribution in [0.15, 0.2) is 29.6 Å². The number of hydrogen-bond acceptors (Lipinski definition) is 5. The highest BCUT2D eigenvalue weighted by molar-refractivity contribution is 7.99. The van der Waals surface area contributed by atoms with Crippen LogP contribution in [0.3, 0.4) is 0 Å². The largest absolute Gasteiger partial charge is 0.390 e. The molecule has 8 heteroatoms. The van der Waals surface area contributed by atoms with E-state index in [0.717, 1.165) is 16.8 Å². The van der Waals surface area contributed by atoms with Crippen molar-refractivity contribution in [3.8, 4) is 0 Å². The summed E-state index contributed by atoms with van der Waals surface area (Å²) in [7, 11) is 0. The van der Waals surface area contributed by atoms with E-state index in [1.807, 2.05) is 39.0 Å². The summed E-state index contributed by atoms with van der Waals surface area (Å²) in [5.74, 6) is -0.159. The van der Waals surface area contributed by atoms with Crippen molar-refractivity contribution >= 4 is 29.3 Å². The van der Waals surface area contributed by atoms with Crippen molar-refractivity contribution in [2.45, 2.75) is 39.1 Å². The van der Waals surface area contributed by atoms with E-state index < -0.39 is 0 Å². The maximum Gasteiger partial charge on any atom is 0.240 e. The molecule has 0 saturated carbocycles. The van der Waals surface area contributed by atoms with Crippen molar-refractivity contribution in [2.75, 3.05) is 17.6 Å². The van der Waals surface area contributed by atoms with Crippen molar-refractivity contribution in [1.29, 1.82) is 0 Å². The first-order valence-corrected chi connectivity index (χ1v) is 9.35. The van der Waals surface area contributed by atoms with E-state index in [2.05, 4.69) is 15.6 Å². The second-order valence-electron chi connectivity index (χ2n) is 5.81. The number of nitrogens with zero attached hydrogens (tertiary/aromatic N) is 2. The van der Waals surface area contributed by atoms with Gasteiger partial charge in [-0.15, -0.1) is 0 Å². The van der Waals surface area contributed by atoms with Crippen LogP contribution in [-0.4, -0.2) is 38.8 Å². The van der Waals surface area contributed by atoms with E-state index in [9.17, 15) is 14.7 Å². The van der Waals surface area contributed by atoms with E-state index >= 15 is 0 Å². The molecule has 26 heavy (non-hydrogen) atoms. The van der Waals surface area contributed by atoms with Gasteiger partial charge in [-0.1, -0.05) is 23.9 Å². The lowest BCUT2D eigenvalue weighted by atomic mass is 10.1. The van der Waals surface area contributed by atoms with Gasteiger partial charge in [-0.25, -0.2) is 4.98 Å². The number of aromatic nitrogens is 2. The number of imidazole rings is 1. The minimum Gasteiger partial charge on any atom is -0.390 e. The molecular formula is C18H24N4O3S. The number of thioether (sulfide) groups is 1. The third-order valence-electron chi connectivity index (χ3n) is 3.95. The van der Waals surface area contributed by atoms with Gasteiger partial charge in [-0.2, -0.15) is 0 Å². The summed E-state index contributed by atoms with van der Waals surface area (Å²) in [5.41, 5.74) is 3.47. The van der Waals surface area contributed by atoms with Crippen LogP contribution in [0.5, 0.6) is 0 Å². The zero-order chi connectivity index (χ0) is 19.1. The van der Waals surface area contributed by atoms with Gasteiger partial charge >= 0.3 is 0 Å². The molecule has 2 amide bonds. The van der Waals surface area contributed by atoms with Gasteiger partial charge in [0.2, 0.25) is 11.8 Å². The van der Waals surface area contributed by atoms with Crippen LogP contribution in [0.2, 0.25) is 0 Å². The Bertz CT molecular complexity index is 789. The summed E-state index contributed by atoms with van der Waals surface area (Å²) in [6.45, 7) is 6.17. The molecule has 0 fully saturated rings. The summed E-state index contributed by atoms with van der Waals surface area (Å²) in [4.78, 5) is 28.3. The number of aryl methyl sites for hydroxylation is 1. The number of amides is 2. The zero-order valence-electron chi connectivity index (χ0n) is 15.2. The molecule has 0 atom stereocenters. The first kappa shape index (κ1) is 20.0. The lowest BCUT2D eigenvalue weighted by molar-refractivity contribution is -0.121. The molecular weight excluding hydrogens is 352 g/mol. The SMILES string of the molecule is CCNC(=O)Cn1c(CO)cnc1SCC(=O)Nc1cccc(C)c1C. The van der Waals surface area contributed by atoms with Crippen molar-refractivity contribution < 1.29 is 14.7 Å². The normalized spacial score (nSPS) is 10.6. The van der Waals surface area contributed by atoms with Crippen LogP contribution in [0.1, 0.15) is 23.7 Å². The Kier molecular flexibility index (Phi) is 7.23. The van der Waals surface area contributed by atoms with Gasteiger partial charge in [-0.3, -0.25) is 9.59 Å². The van der Waals surface area contributed by atoms with E-state index in [1.165, 1.54) is 18.0 Å². The molecule has 0 spiro atoms. The third-order valence-corrected chi connectivity index (χ3v) is 4.94. The Labute approximate surface area is 157 Å². The molecule has 2 rings (SSSR count). The number of rotatable bonds is 8. The van der Waals surface area contributed by atoms with Gasteiger partial charge in [0, 0.05) is 12.2 Å². The van der Waals surface area contributed by atoms with E-state index in [4.69, 9.17) is 0 Å². The lowest BCUT2D eigenvalue weighted by Crippen LogP contribution is -2.28. The number of carbonyl (C=O) groups excluding carboxylic acids is 2. The van der Waals surface area contributed by atoms with E-state index in [1.54, 1.807) is 4.57 Å². The van der Waals surface area contributed by atoms with Gasteiger partial charge in [0.1, 0.15) is 6.54 Å². The predicted molar refractivity (Wildman–Crippen MR) is 102 cm³/mol. The highest BCUT2D eigenvalue weighted by Crippen LogP contribution is 2.21. The molecule has 0 saturated heterocycles. The van der Waals surface area contributed by atoms with Gasteiger partial charge in [0.05, 0.1) is 24.3 Å². The highest BCUT2D eigenvalue weighted by Gasteiger charge is 2.15. The van der Waals surface area contributed by atoms with Crippen molar-refractivity contribution in [2.24, 2.45) is 0 Å². The van der Waals surface area contributed by atoms with Crippen molar-refractivity contribution in [3.05, 3.63) is 41.2 Å². The van der Waals surface area contributed by atoms with Crippen LogP contribution in [0.4, 0.5) is 5.69 Å². The molecule has 0 aliphatic rings. The first-order valence-electron chi connectivity index (χ1n) is 8.37. The van der Waals surface area contributed by atoms with Gasteiger partial charge in [0.25, 0.3) is 0 Å². The molecule has 1 aromatic carbocycles. The van der Waals surface area contributed by atoms with Gasteiger partial charge < -0.3 is 20.3 Å². The molecule has 1 aromatic heterocycles. The fraction of sp³-hybridized carbons (Fsp3) is 0.389. The number of carbonyl (C=O) groups is 2. The number of benzene rings is 1. The smallest absolute Gasteiger partial charge is 0.240 e. The summed E-state index contributed by atoms with van der Waals surface area (Å²) >= 11 is 1.23. The monoisotopic (exact) mass is 376 g/mol. The summed E-state index contributed by atoms with van der Waals surface area (Å²) in [6.07, 6.45) is 1.52. The zero-order valence-corrected chi connectivity index (χ0v) is 16.0. The highest BCUT2D eigenvalue weighted by atomic mass is 32.2. The standard InChI is InChI=1S/C18H24N4O3S/c1-4-19-16(24)9-22-14(10-23)8-20-18(22)26-11-17(25)21-15-7-5-6-12(2)13(15)3/h5-8,23H,4,9-11H2,1-3H3,(H,19,24)(H,21,25). The maximum absolute atomic E-state index is 12.3. The predicted octanol–water partition coefficient (Wildman–Crippen LogP) is 1.86. The summed E-state index contributed by atoms with van der Waals surface area (Å²) in [5, 5.41) is 15.6. The van der Waals surface area contributed by atoms with Crippen molar-refractivity contribution in [3.63, 3.8) is 0 Å². The Morgan fingerprint density at radius 3 is 2.73 bits per heavy atom. The molecule has 1 heterocycles. The Balaban J connectivity index is 2.02. The fourth-order valence-electron chi connectivity index (χ4n) is 2.40. The Morgan fingerprint density at radius 2 is 2.04 bits per heavy atom. The molecule has 3 N–H and O–H groups in total. The molecule has 0 bridgehead atoms. The Morgan fingerprint density at radius 1 is 1.27 bits per heavy atom. The quantitative estimate of drug-likeness (QED) is 0.611. The molecule has 0 unspecified atom stereocenters. The van der Waals surface area contributed by atoms with Crippen LogP contribution < -0.4 is 10.6 Å². The lowest BCUT2D eigenvalue weighted by Gasteiger charge is -2.12. The topological polar surface area (TPSA) is 96.2 Å².